The molecule has 0 aromatic carbocycles. The summed E-state index contributed by atoms with van der Waals surface area (Å²) in [6.07, 6.45) is -2.88. The minimum Gasteiger partial charge on any atom is -0.456 e. The second kappa shape index (κ2) is 5.58. The molecular formula is C17H24F3NO4. The van der Waals surface area contributed by atoms with Crippen molar-refractivity contribution in [1.82, 2.24) is 5.32 Å². The largest absolute Gasteiger partial charge is 0.456 e. The first-order chi connectivity index (χ1) is 11.7. The Hall–Kier alpha value is -0.830. The van der Waals surface area contributed by atoms with Crippen molar-refractivity contribution in [2.75, 3.05) is 13.6 Å². The van der Waals surface area contributed by atoms with E-state index in [0.29, 0.717) is 18.8 Å². The Balaban J connectivity index is 1.87. The van der Waals surface area contributed by atoms with E-state index in [2.05, 4.69) is 12.2 Å². The third-order valence-electron chi connectivity index (χ3n) is 6.28. The van der Waals surface area contributed by atoms with E-state index in [1.807, 2.05) is 0 Å². The van der Waals surface area contributed by atoms with Crippen molar-refractivity contribution in [2.45, 2.75) is 63.4 Å². The van der Waals surface area contributed by atoms with Crippen LogP contribution in [-0.4, -0.2) is 37.4 Å². The van der Waals surface area contributed by atoms with Gasteiger partial charge in [0.2, 0.25) is 17.8 Å². The zero-order valence-electron chi connectivity index (χ0n) is 14.6. The average Bonchev–Trinajstić information content (AvgIpc) is 2.76. The van der Waals surface area contributed by atoms with Crippen LogP contribution in [0.25, 0.3) is 0 Å². The van der Waals surface area contributed by atoms with E-state index in [1.165, 1.54) is 0 Å². The standard InChI is InChI=1S/C17H24F3NO4/c1-9-4-5-12-10(8-21-3)13(17(18,19)20)22-14-16(12)11(9)6-7-15(2,23-14)24-25-16/h9,11-12,14,21H,4-8H2,1-3H3/t9?,11?,12?,14?,15-,16?/m0/s1. The van der Waals surface area contributed by atoms with Gasteiger partial charge in [0.05, 0.1) is 0 Å². The van der Waals surface area contributed by atoms with Crippen LogP contribution in [0.15, 0.2) is 11.3 Å². The molecule has 1 N–H and O–H groups in total. The maximum atomic E-state index is 13.7. The lowest BCUT2D eigenvalue weighted by Gasteiger charge is -2.57. The van der Waals surface area contributed by atoms with E-state index in [-0.39, 0.29) is 18.0 Å². The van der Waals surface area contributed by atoms with Crippen molar-refractivity contribution in [3.63, 3.8) is 0 Å². The van der Waals surface area contributed by atoms with Gasteiger partial charge < -0.3 is 14.8 Å². The predicted molar refractivity (Wildman–Crippen MR) is 80.9 cm³/mol. The van der Waals surface area contributed by atoms with Crippen molar-refractivity contribution in [1.29, 1.82) is 0 Å². The molecule has 5 rings (SSSR count). The SMILES string of the molecule is CNCC1=C(C(F)(F)F)OC2O[C@]3(C)CCC4C(C)CCC1C24OO3. The lowest BCUT2D eigenvalue weighted by Crippen LogP contribution is -2.67. The zero-order valence-corrected chi connectivity index (χ0v) is 14.6. The van der Waals surface area contributed by atoms with E-state index in [1.54, 1.807) is 14.0 Å². The molecule has 0 aromatic rings. The summed E-state index contributed by atoms with van der Waals surface area (Å²) < 4.78 is 52.4. The van der Waals surface area contributed by atoms with E-state index in [0.717, 1.165) is 12.8 Å². The fraction of sp³-hybridized carbons (Fsp3) is 0.882. The van der Waals surface area contributed by atoms with Gasteiger partial charge in [-0.25, -0.2) is 9.78 Å². The number of ether oxygens (including phenoxy) is 2. The lowest BCUT2D eigenvalue weighted by molar-refractivity contribution is -0.557. The van der Waals surface area contributed by atoms with Crippen molar-refractivity contribution in [3.05, 3.63) is 11.3 Å². The van der Waals surface area contributed by atoms with Gasteiger partial charge in [0.1, 0.15) is 0 Å². The second-order valence-electron chi connectivity index (χ2n) is 7.86. The van der Waals surface area contributed by atoms with Crippen LogP contribution in [0.3, 0.4) is 0 Å². The van der Waals surface area contributed by atoms with Gasteiger partial charge in [0, 0.05) is 24.8 Å². The fourth-order valence-electron chi connectivity index (χ4n) is 5.13. The first-order valence-corrected chi connectivity index (χ1v) is 8.87. The molecule has 8 heteroatoms. The summed E-state index contributed by atoms with van der Waals surface area (Å²) >= 11 is 0. The number of halogens is 3. The van der Waals surface area contributed by atoms with Gasteiger partial charge in [-0.3, -0.25) is 0 Å². The van der Waals surface area contributed by atoms with Crippen molar-refractivity contribution >= 4 is 0 Å². The summed E-state index contributed by atoms with van der Waals surface area (Å²) in [5.74, 6) is -2.12. The number of hydrogen-bond acceptors (Lipinski definition) is 5. The number of rotatable bonds is 2. The van der Waals surface area contributed by atoms with Crippen molar-refractivity contribution < 1.29 is 32.4 Å². The Kier molecular flexibility index (Phi) is 3.92. The summed E-state index contributed by atoms with van der Waals surface area (Å²) in [6, 6.07) is 0. The van der Waals surface area contributed by atoms with Gasteiger partial charge in [0.25, 0.3) is 0 Å². The van der Waals surface area contributed by atoms with Crippen molar-refractivity contribution in [3.8, 4) is 0 Å². The molecule has 3 saturated heterocycles. The Morgan fingerprint density at radius 3 is 2.64 bits per heavy atom. The highest BCUT2D eigenvalue weighted by atomic mass is 19.4. The molecule has 4 aliphatic heterocycles. The zero-order chi connectivity index (χ0) is 18.0. The molecule has 0 radical (unpaired) electrons. The summed E-state index contributed by atoms with van der Waals surface area (Å²) in [6.45, 7) is 3.91. The second-order valence-corrected chi connectivity index (χ2v) is 7.86. The monoisotopic (exact) mass is 363 g/mol. The van der Waals surface area contributed by atoms with Crippen LogP contribution in [0, 0.1) is 17.8 Å². The Bertz CT molecular complexity index is 595. The number of likely N-dealkylation sites (N-methyl/N-ethyl adjacent to an activating group) is 1. The van der Waals surface area contributed by atoms with Crippen LogP contribution in [0.1, 0.15) is 39.5 Å². The average molecular weight is 363 g/mol. The third-order valence-corrected chi connectivity index (χ3v) is 6.28. The first-order valence-electron chi connectivity index (χ1n) is 8.87. The summed E-state index contributed by atoms with van der Waals surface area (Å²) in [7, 11) is 1.63. The van der Waals surface area contributed by atoms with E-state index in [9.17, 15) is 13.2 Å². The Morgan fingerprint density at radius 2 is 1.96 bits per heavy atom. The third kappa shape index (κ3) is 2.44. The molecule has 0 amide bonds. The number of fused-ring (bicyclic) bond motifs is 2. The fourth-order valence-corrected chi connectivity index (χ4v) is 5.13. The molecule has 1 spiro atoms. The molecule has 5 nitrogen and oxygen atoms in total. The van der Waals surface area contributed by atoms with Crippen LogP contribution in [0.5, 0.6) is 0 Å². The van der Waals surface area contributed by atoms with Crippen LogP contribution in [0.4, 0.5) is 13.2 Å². The van der Waals surface area contributed by atoms with Gasteiger partial charge in [-0.05, 0) is 44.7 Å². The van der Waals surface area contributed by atoms with Crippen LogP contribution in [0.2, 0.25) is 0 Å². The minimum absolute atomic E-state index is 0.0298. The Labute approximate surface area is 144 Å². The van der Waals surface area contributed by atoms with Crippen molar-refractivity contribution in [2.24, 2.45) is 17.8 Å². The highest BCUT2D eigenvalue weighted by molar-refractivity contribution is 5.28. The van der Waals surface area contributed by atoms with Crippen LogP contribution in [-0.2, 0) is 19.2 Å². The van der Waals surface area contributed by atoms with E-state index >= 15 is 0 Å². The highest BCUT2D eigenvalue weighted by Gasteiger charge is 2.70. The number of nitrogens with one attached hydrogen (secondary N) is 1. The van der Waals surface area contributed by atoms with E-state index in [4.69, 9.17) is 19.2 Å². The molecule has 4 heterocycles. The molecule has 5 unspecified atom stereocenters. The molecule has 25 heavy (non-hydrogen) atoms. The molecular weight excluding hydrogens is 339 g/mol. The summed E-state index contributed by atoms with van der Waals surface area (Å²) in [4.78, 5) is 11.4. The smallest absolute Gasteiger partial charge is 0.449 e. The normalized spacial score (nSPS) is 46.5. The molecule has 5 aliphatic rings. The quantitative estimate of drug-likeness (QED) is 0.763. The minimum atomic E-state index is -4.57. The van der Waals surface area contributed by atoms with Crippen LogP contribution < -0.4 is 5.32 Å². The maximum absolute atomic E-state index is 13.7. The maximum Gasteiger partial charge on any atom is 0.449 e. The molecule has 2 bridgehead atoms. The molecule has 0 aromatic heterocycles. The molecule has 142 valence electrons. The number of alkyl halides is 3. The van der Waals surface area contributed by atoms with Gasteiger partial charge in [-0.1, -0.05) is 6.92 Å². The molecule has 1 saturated carbocycles. The van der Waals surface area contributed by atoms with Gasteiger partial charge in [0.15, 0.2) is 5.60 Å². The van der Waals surface area contributed by atoms with E-state index < -0.39 is 35.5 Å². The number of allylic oxidation sites excluding steroid dienone is 1. The first kappa shape index (κ1) is 17.6. The predicted octanol–water partition coefficient (Wildman–Crippen LogP) is 3.27. The number of hydrogen-bond donors (Lipinski definition) is 1. The Morgan fingerprint density at radius 1 is 1.20 bits per heavy atom. The molecule has 6 atom stereocenters. The molecule has 1 aliphatic carbocycles. The van der Waals surface area contributed by atoms with Gasteiger partial charge >= 0.3 is 6.18 Å². The summed E-state index contributed by atoms with van der Waals surface area (Å²) in [5, 5.41) is 2.85. The van der Waals surface area contributed by atoms with Gasteiger partial charge in [-0.15, -0.1) is 0 Å². The van der Waals surface area contributed by atoms with Gasteiger partial charge in [-0.2, -0.15) is 13.2 Å². The van der Waals surface area contributed by atoms with Crippen LogP contribution >= 0.6 is 0 Å². The summed E-state index contributed by atoms with van der Waals surface area (Å²) in [5.41, 5.74) is -0.810. The molecule has 4 fully saturated rings. The highest BCUT2D eigenvalue weighted by Crippen LogP contribution is 2.61. The lowest BCUT2D eigenvalue weighted by atomic mass is 9.59. The topological polar surface area (TPSA) is 49.0 Å².